The van der Waals surface area contributed by atoms with Crippen molar-refractivity contribution in [1.29, 1.82) is 0 Å². The molecule has 7 heteroatoms. The van der Waals surface area contributed by atoms with E-state index in [1.807, 2.05) is 48.5 Å². The number of rotatable bonds is 8. The molecule has 0 radical (unpaired) electrons. The molecule has 1 amide bonds. The van der Waals surface area contributed by atoms with E-state index in [4.69, 9.17) is 9.84 Å². The molecule has 3 aromatic carbocycles. The minimum atomic E-state index is -0.926. The third-order valence-electron chi connectivity index (χ3n) is 7.98. The van der Waals surface area contributed by atoms with Crippen LogP contribution in [0, 0.1) is 11.8 Å². The fraction of sp³-hybridized carbons (Fsp3) is 0.300. The highest BCUT2D eigenvalue weighted by atomic mass is 32.1. The largest absolute Gasteiger partial charge is 0.481 e. The van der Waals surface area contributed by atoms with Gasteiger partial charge >= 0.3 is 5.97 Å². The van der Waals surface area contributed by atoms with Crippen molar-refractivity contribution in [2.45, 2.75) is 37.5 Å². The van der Waals surface area contributed by atoms with Crippen LogP contribution in [0.3, 0.4) is 0 Å². The Kier molecular flexibility index (Phi) is 6.16. The number of carboxylic acid groups (broad SMARTS) is 1. The number of hydrogen-bond donors (Lipinski definition) is 2. The van der Waals surface area contributed by atoms with Crippen molar-refractivity contribution in [2.75, 3.05) is 6.54 Å². The van der Waals surface area contributed by atoms with Crippen molar-refractivity contribution >= 4 is 33.4 Å². The fourth-order valence-corrected chi connectivity index (χ4v) is 7.16. The summed E-state index contributed by atoms with van der Waals surface area (Å²) in [6.45, 7) is 0.120. The van der Waals surface area contributed by atoms with Crippen molar-refractivity contribution in [2.24, 2.45) is 11.8 Å². The molecule has 1 heterocycles. The maximum absolute atomic E-state index is 12.5. The van der Waals surface area contributed by atoms with E-state index in [0.717, 1.165) is 28.3 Å². The third kappa shape index (κ3) is 4.48. The second-order valence-corrected chi connectivity index (χ2v) is 11.1. The first-order valence-electron chi connectivity index (χ1n) is 12.8. The smallest absolute Gasteiger partial charge is 0.305 e. The van der Waals surface area contributed by atoms with Gasteiger partial charge in [-0.15, -0.1) is 0 Å². The van der Waals surface area contributed by atoms with E-state index in [-0.39, 0.29) is 24.3 Å². The molecule has 0 saturated heterocycles. The van der Waals surface area contributed by atoms with E-state index >= 15 is 0 Å². The number of hydrogen-bond acceptors (Lipinski definition) is 5. The lowest BCUT2D eigenvalue weighted by atomic mass is 9.64. The van der Waals surface area contributed by atoms with E-state index in [0.29, 0.717) is 16.7 Å². The highest BCUT2D eigenvalue weighted by Crippen LogP contribution is 2.60. The van der Waals surface area contributed by atoms with Gasteiger partial charge in [-0.3, -0.25) is 9.59 Å². The Morgan fingerprint density at radius 2 is 1.73 bits per heavy atom. The van der Waals surface area contributed by atoms with Crippen LogP contribution in [-0.2, 0) is 10.2 Å². The highest BCUT2D eigenvalue weighted by Gasteiger charge is 2.52. The number of benzene rings is 3. The summed E-state index contributed by atoms with van der Waals surface area (Å²) in [5.41, 5.74) is 3.94. The Hall–Kier alpha value is -3.71. The molecule has 2 N–H and O–H groups in total. The number of aromatic nitrogens is 1. The van der Waals surface area contributed by atoms with Crippen LogP contribution in [0.5, 0.6) is 10.9 Å². The first-order valence-corrected chi connectivity index (χ1v) is 13.6. The molecule has 2 aliphatic rings. The van der Waals surface area contributed by atoms with Crippen LogP contribution in [0.25, 0.3) is 10.2 Å². The number of amides is 1. The number of carbonyl (C=O) groups is 2. The predicted octanol–water partition coefficient (Wildman–Crippen LogP) is 6.40. The van der Waals surface area contributed by atoms with Gasteiger partial charge in [0.15, 0.2) is 0 Å². The van der Waals surface area contributed by atoms with Gasteiger partial charge in [0.1, 0.15) is 5.75 Å². The summed E-state index contributed by atoms with van der Waals surface area (Å²) >= 11 is 1.54. The van der Waals surface area contributed by atoms with E-state index in [1.165, 1.54) is 30.4 Å². The zero-order chi connectivity index (χ0) is 25.4. The Morgan fingerprint density at radius 1 is 1.00 bits per heavy atom. The molecule has 2 aliphatic carbocycles. The average Bonchev–Trinajstić information content (AvgIpc) is 3.64. The van der Waals surface area contributed by atoms with Crippen LogP contribution >= 0.6 is 11.3 Å². The molecule has 4 aromatic rings. The second-order valence-electron chi connectivity index (χ2n) is 10.1. The summed E-state index contributed by atoms with van der Waals surface area (Å²) in [5, 5.41) is 12.1. The maximum Gasteiger partial charge on any atom is 0.305 e. The van der Waals surface area contributed by atoms with Gasteiger partial charge in [-0.25, -0.2) is 4.98 Å². The third-order valence-corrected chi connectivity index (χ3v) is 8.90. The number of aliphatic carboxylic acids is 1. The Bertz CT molecular complexity index is 1410. The summed E-state index contributed by atoms with van der Waals surface area (Å²) in [4.78, 5) is 27.8. The molecule has 1 aromatic heterocycles. The molecule has 2 fully saturated rings. The van der Waals surface area contributed by atoms with Crippen molar-refractivity contribution in [3.63, 3.8) is 0 Å². The molecule has 3 unspecified atom stereocenters. The van der Waals surface area contributed by atoms with Gasteiger partial charge in [0, 0.05) is 17.5 Å². The van der Waals surface area contributed by atoms with Crippen LogP contribution in [0.2, 0.25) is 0 Å². The molecule has 6 rings (SSSR count). The van der Waals surface area contributed by atoms with Crippen LogP contribution in [0.4, 0.5) is 0 Å². The standard InChI is InChI=1S/C30H28N2O4S/c33-27(34)15-16-31-28(35)20-6-9-21(10-7-20)30(18-19-5-8-23(30)17-19)22-11-13-24(14-12-22)36-29-32-25-3-1-2-4-26(25)37-29/h1-4,6-7,9-14,19,23H,5,8,15-18H2,(H,31,35)(H,33,34). The molecule has 2 bridgehead atoms. The Labute approximate surface area is 219 Å². The first-order chi connectivity index (χ1) is 18.0. The van der Waals surface area contributed by atoms with E-state index in [2.05, 4.69) is 34.6 Å². The number of nitrogens with zero attached hydrogens (tertiary/aromatic N) is 1. The predicted molar refractivity (Wildman–Crippen MR) is 143 cm³/mol. The SMILES string of the molecule is O=C(O)CCNC(=O)c1ccc(C2(c3ccc(Oc4nc5ccccc5s4)cc3)CC3CCC2C3)cc1. The Balaban J connectivity index is 1.24. The van der Waals surface area contributed by atoms with Crippen LogP contribution < -0.4 is 10.1 Å². The number of nitrogens with one attached hydrogen (secondary N) is 1. The molecule has 188 valence electrons. The lowest BCUT2D eigenvalue weighted by Crippen LogP contribution is -2.34. The number of ether oxygens (including phenoxy) is 1. The second kappa shape index (κ2) is 9.63. The molecule has 2 saturated carbocycles. The quantitative estimate of drug-likeness (QED) is 0.285. The minimum absolute atomic E-state index is 0.0738. The molecular weight excluding hydrogens is 484 g/mol. The summed E-state index contributed by atoms with van der Waals surface area (Å²) in [7, 11) is 0. The highest BCUT2D eigenvalue weighted by molar-refractivity contribution is 7.20. The minimum Gasteiger partial charge on any atom is -0.481 e. The van der Waals surface area contributed by atoms with Gasteiger partial charge in [0.25, 0.3) is 11.1 Å². The summed E-state index contributed by atoms with van der Waals surface area (Å²) in [6.07, 6.45) is 4.76. The number of thiazole rings is 1. The van der Waals surface area contributed by atoms with E-state index < -0.39 is 5.97 Å². The summed E-state index contributed by atoms with van der Waals surface area (Å²) in [5.74, 6) is 0.900. The van der Waals surface area contributed by atoms with Crippen molar-refractivity contribution < 1.29 is 19.4 Å². The first kappa shape index (κ1) is 23.7. The lowest BCUT2D eigenvalue weighted by molar-refractivity contribution is -0.136. The van der Waals surface area contributed by atoms with Crippen molar-refractivity contribution in [1.82, 2.24) is 10.3 Å². The normalized spacial score (nSPS) is 22.3. The lowest BCUT2D eigenvalue weighted by Gasteiger charge is -2.39. The molecule has 0 aliphatic heterocycles. The van der Waals surface area contributed by atoms with Gasteiger partial charge in [-0.05, 0) is 78.6 Å². The van der Waals surface area contributed by atoms with Gasteiger partial charge in [0.05, 0.1) is 16.6 Å². The Morgan fingerprint density at radius 3 is 2.38 bits per heavy atom. The molecule has 37 heavy (non-hydrogen) atoms. The summed E-state index contributed by atoms with van der Waals surface area (Å²) < 4.78 is 7.20. The van der Waals surface area contributed by atoms with Crippen molar-refractivity contribution in [3.05, 3.63) is 89.5 Å². The number of carboxylic acids is 1. The molecule has 6 nitrogen and oxygen atoms in total. The van der Waals surface area contributed by atoms with Gasteiger partial charge in [-0.2, -0.15) is 0 Å². The van der Waals surface area contributed by atoms with Crippen molar-refractivity contribution in [3.8, 4) is 10.9 Å². The monoisotopic (exact) mass is 512 g/mol. The summed E-state index contributed by atoms with van der Waals surface area (Å²) in [6, 6.07) is 24.4. The molecule has 0 spiro atoms. The fourth-order valence-electron chi connectivity index (χ4n) is 6.32. The zero-order valence-electron chi connectivity index (χ0n) is 20.4. The zero-order valence-corrected chi connectivity index (χ0v) is 21.2. The molecule has 3 atom stereocenters. The molecular formula is C30H28N2O4S. The van der Waals surface area contributed by atoms with Crippen LogP contribution in [0.1, 0.15) is 53.6 Å². The van der Waals surface area contributed by atoms with Gasteiger partial charge in [0.2, 0.25) is 0 Å². The van der Waals surface area contributed by atoms with E-state index in [1.54, 1.807) is 11.3 Å². The van der Waals surface area contributed by atoms with Crippen LogP contribution in [-0.4, -0.2) is 28.5 Å². The number of carbonyl (C=O) groups excluding carboxylic acids is 1. The maximum atomic E-state index is 12.5. The van der Waals surface area contributed by atoms with Gasteiger partial charge in [-0.1, -0.05) is 54.2 Å². The van der Waals surface area contributed by atoms with Gasteiger partial charge < -0.3 is 15.2 Å². The van der Waals surface area contributed by atoms with Crippen LogP contribution in [0.15, 0.2) is 72.8 Å². The number of fused-ring (bicyclic) bond motifs is 3. The average molecular weight is 513 g/mol. The number of para-hydroxylation sites is 1. The van der Waals surface area contributed by atoms with E-state index in [9.17, 15) is 9.59 Å². The topological polar surface area (TPSA) is 88.5 Å².